The van der Waals surface area contributed by atoms with E-state index in [1.165, 1.54) is 48.2 Å². The highest BCUT2D eigenvalue weighted by molar-refractivity contribution is 7.90. The Hall–Kier alpha value is -3.94. The lowest BCUT2D eigenvalue weighted by molar-refractivity contribution is -0.141. The zero-order valence-corrected chi connectivity index (χ0v) is 26.7. The van der Waals surface area contributed by atoms with Crippen molar-refractivity contribution in [1.82, 2.24) is 14.5 Å². The lowest BCUT2D eigenvalue weighted by Gasteiger charge is -2.27. The van der Waals surface area contributed by atoms with Crippen LogP contribution in [0, 0.1) is 17.3 Å². The maximum Gasteiger partial charge on any atom is 0.409 e. The Bertz CT molecular complexity index is 1460. The third-order valence-corrected chi connectivity index (χ3v) is 10.0. The first-order valence-corrected chi connectivity index (χ1v) is 16.7. The number of ketones is 1. The SMILES string of the molecule is C[C@H]1CCCCC/C=C\[C@@H]2C[C@@]2(C(=O)NS(=O)(=O)c2ccccc2OCC(N)=O)CC(=O)[C@@H]2C[C@@H](OC(=O)N(C)C)CN2C1=O. The lowest BCUT2D eigenvalue weighted by atomic mass is 9.91. The molecule has 14 heteroatoms. The summed E-state index contributed by atoms with van der Waals surface area (Å²) in [6, 6.07) is 4.59. The standard InChI is InChI=1S/C31H42N4O9S/c1-20-11-7-5-4-6-8-12-21-16-31(21,17-24(36)23-15-22(18-35(23)28(20)38)44-30(40)34(2)3)29(39)33-45(41,42)26-14-10-9-13-25(26)43-19-27(32)37/h8-10,12-14,20-23H,4-7,11,15-19H2,1-3H3,(H2,32,37)(H,33,39)/b12-8-/t20-,21+,22+,23-,31+/m0/s1. The molecule has 246 valence electrons. The van der Waals surface area contributed by atoms with E-state index in [-0.39, 0.29) is 48.3 Å². The van der Waals surface area contributed by atoms with Crippen LogP contribution >= 0.6 is 0 Å². The molecule has 1 saturated heterocycles. The number of carbonyl (C=O) groups excluding carboxylic acids is 5. The zero-order chi connectivity index (χ0) is 32.9. The summed E-state index contributed by atoms with van der Waals surface area (Å²) in [5, 5.41) is 0. The summed E-state index contributed by atoms with van der Waals surface area (Å²) < 4.78 is 39.8. The monoisotopic (exact) mass is 646 g/mol. The number of rotatable bonds is 7. The number of amides is 4. The lowest BCUT2D eigenvalue weighted by Crippen LogP contribution is -2.45. The highest BCUT2D eigenvalue weighted by atomic mass is 32.2. The summed E-state index contributed by atoms with van der Waals surface area (Å²) >= 11 is 0. The van der Waals surface area contributed by atoms with Crippen LogP contribution in [0.15, 0.2) is 41.3 Å². The molecule has 4 amide bonds. The van der Waals surface area contributed by atoms with Crippen LogP contribution in [0.1, 0.15) is 58.3 Å². The highest BCUT2D eigenvalue weighted by Gasteiger charge is 2.61. The number of fused-ring (bicyclic) bond motifs is 2. The van der Waals surface area contributed by atoms with E-state index in [4.69, 9.17) is 15.2 Å². The van der Waals surface area contributed by atoms with Gasteiger partial charge in [0.15, 0.2) is 12.4 Å². The van der Waals surface area contributed by atoms with Crippen molar-refractivity contribution in [2.75, 3.05) is 27.2 Å². The van der Waals surface area contributed by atoms with E-state index in [0.717, 1.165) is 25.7 Å². The van der Waals surface area contributed by atoms with Crippen LogP contribution in [0.5, 0.6) is 5.75 Å². The van der Waals surface area contributed by atoms with E-state index in [2.05, 4.69) is 4.72 Å². The van der Waals surface area contributed by atoms with Gasteiger partial charge in [-0.1, -0.05) is 44.1 Å². The highest BCUT2D eigenvalue weighted by Crippen LogP contribution is 2.57. The third kappa shape index (κ3) is 8.02. The molecule has 13 nitrogen and oxygen atoms in total. The van der Waals surface area contributed by atoms with Crippen LogP contribution in [0.4, 0.5) is 4.79 Å². The molecular weight excluding hydrogens is 604 g/mol. The summed E-state index contributed by atoms with van der Waals surface area (Å²) in [5.41, 5.74) is 3.78. The summed E-state index contributed by atoms with van der Waals surface area (Å²) in [6.45, 7) is 1.31. The van der Waals surface area contributed by atoms with Crippen LogP contribution in [0.2, 0.25) is 0 Å². The quantitative estimate of drug-likeness (QED) is 0.419. The summed E-state index contributed by atoms with van der Waals surface area (Å²) in [5.74, 6) is -3.18. The Labute approximate surface area is 263 Å². The minimum absolute atomic E-state index is 0.0537. The van der Waals surface area contributed by atoms with E-state index in [0.29, 0.717) is 6.42 Å². The van der Waals surface area contributed by atoms with Crippen LogP contribution in [-0.2, 0) is 33.9 Å². The molecule has 1 aromatic rings. The van der Waals surface area contributed by atoms with Crippen molar-refractivity contribution in [3.8, 4) is 5.75 Å². The van der Waals surface area contributed by atoms with Crippen LogP contribution in [0.25, 0.3) is 0 Å². The second-order valence-electron chi connectivity index (χ2n) is 12.4. The Morgan fingerprint density at radius 3 is 2.58 bits per heavy atom. The van der Waals surface area contributed by atoms with Gasteiger partial charge in [0.25, 0.3) is 15.9 Å². The number of nitrogens with zero attached hydrogens (tertiary/aromatic N) is 2. The number of primary amides is 1. The fraction of sp³-hybridized carbons (Fsp3) is 0.581. The van der Waals surface area contributed by atoms with E-state index < -0.39 is 63.8 Å². The number of benzene rings is 1. The van der Waals surface area contributed by atoms with Gasteiger partial charge in [0.1, 0.15) is 16.7 Å². The molecule has 0 unspecified atom stereocenters. The van der Waals surface area contributed by atoms with Crippen molar-refractivity contribution in [2.24, 2.45) is 23.0 Å². The van der Waals surface area contributed by atoms with Crippen LogP contribution in [-0.4, -0.2) is 87.2 Å². The number of para-hydroxylation sites is 1. The fourth-order valence-electron chi connectivity index (χ4n) is 6.01. The summed E-state index contributed by atoms with van der Waals surface area (Å²) in [4.78, 5) is 67.2. The number of sulfonamides is 1. The number of hydrogen-bond donors (Lipinski definition) is 2. The maximum absolute atomic E-state index is 14.0. The first kappa shape index (κ1) is 33.9. The Morgan fingerprint density at radius 2 is 1.87 bits per heavy atom. The largest absolute Gasteiger partial charge is 0.482 e. The number of nitrogens with two attached hydrogens (primary N) is 1. The molecule has 3 aliphatic rings. The van der Waals surface area contributed by atoms with Gasteiger partial charge in [0.05, 0.1) is 18.0 Å². The minimum Gasteiger partial charge on any atom is -0.482 e. The van der Waals surface area contributed by atoms with Crippen LogP contribution in [0.3, 0.4) is 0 Å². The average molecular weight is 647 g/mol. The van der Waals surface area contributed by atoms with Crippen molar-refractivity contribution in [1.29, 1.82) is 0 Å². The Morgan fingerprint density at radius 1 is 1.13 bits per heavy atom. The van der Waals surface area contributed by atoms with Crippen molar-refractivity contribution in [3.05, 3.63) is 36.4 Å². The first-order valence-electron chi connectivity index (χ1n) is 15.2. The van der Waals surface area contributed by atoms with Gasteiger partial charge in [-0.05, 0) is 43.7 Å². The van der Waals surface area contributed by atoms with Crippen molar-refractivity contribution >= 4 is 39.6 Å². The fourth-order valence-corrected chi connectivity index (χ4v) is 7.22. The number of allylic oxidation sites excluding steroid dienone is 2. The molecule has 5 atom stereocenters. The number of Topliss-reactive ketones (excluding diaryl/α,β-unsaturated/α-hetero) is 1. The topological polar surface area (TPSA) is 182 Å². The van der Waals surface area contributed by atoms with Gasteiger partial charge in [0.2, 0.25) is 11.8 Å². The number of ether oxygens (including phenoxy) is 2. The van der Waals surface area contributed by atoms with E-state index in [1.54, 1.807) is 0 Å². The van der Waals surface area contributed by atoms with Gasteiger partial charge in [-0.3, -0.25) is 19.2 Å². The second kappa shape index (κ2) is 14.0. The van der Waals surface area contributed by atoms with Gasteiger partial charge in [-0.25, -0.2) is 17.9 Å². The van der Waals surface area contributed by atoms with Gasteiger partial charge in [-0.2, -0.15) is 0 Å². The zero-order valence-electron chi connectivity index (χ0n) is 25.9. The predicted octanol–water partition coefficient (Wildman–Crippen LogP) is 2.15. The summed E-state index contributed by atoms with van der Waals surface area (Å²) in [7, 11) is -1.41. The molecule has 2 aliphatic heterocycles. The Balaban J connectivity index is 1.62. The average Bonchev–Trinajstić information content (AvgIpc) is 3.51. The normalized spacial score (nSPS) is 28.0. The number of hydrogen-bond acceptors (Lipinski definition) is 9. The maximum atomic E-state index is 14.0. The molecule has 2 heterocycles. The van der Waals surface area contributed by atoms with Crippen molar-refractivity contribution in [3.63, 3.8) is 0 Å². The van der Waals surface area contributed by atoms with E-state index in [1.807, 2.05) is 19.1 Å². The third-order valence-electron chi connectivity index (χ3n) is 8.66. The first-order chi connectivity index (χ1) is 21.2. The van der Waals surface area contributed by atoms with Gasteiger partial charge in [0, 0.05) is 32.9 Å². The molecule has 45 heavy (non-hydrogen) atoms. The van der Waals surface area contributed by atoms with Crippen LogP contribution < -0.4 is 15.2 Å². The second-order valence-corrected chi connectivity index (χ2v) is 14.0. The molecule has 0 bridgehead atoms. The predicted molar refractivity (Wildman–Crippen MR) is 162 cm³/mol. The smallest absolute Gasteiger partial charge is 0.409 e. The van der Waals surface area contributed by atoms with E-state index in [9.17, 15) is 32.4 Å². The molecule has 1 aliphatic carbocycles. The molecule has 1 saturated carbocycles. The van der Waals surface area contributed by atoms with Crippen molar-refractivity contribution in [2.45, 2.75) is 75.3 Å². The Kier molecular flexibility index (Phi) is 10.6. The van der Waals surface area contributed by atoms with Gasteiger partial charge in [-0.15, -0.1) is 0 Å². The van der Waals surface area contributed by atoms with Gasteiger partial charge < -0.3 is 25.0 Å². The molecule has 0 spiro atoms. The molecule has 0 aromatic heterocycles. The number of carbonyl (C=O) groups is 5. The van der Waals surface area contributed by atoms with E-state index >= 15 is 0 Å². The summed E-state index contributed by atoms with van der Waals surface area (Å²) in [6.07, 6.45) is 6.57. The molecule has 2 fully saturated rings. The molecular formula is C31H42N4O9S. The van der Waals surface area contributed by atoms with Gasteiger partial charge >= 0.3 is 6.09 Å². The molecule has 3 N–H and O–H groups in total. The van der Waals surface area contributed by atoms with Crippen molar-refractivity contribution < 1.29 is 41.9 Å². The minimum atomic E-state index is -4.48. The molecule has 4 rings (SSSR count). The number of nitrogens with one attached hydrogen (secondary N) is 1. The molecule has 0 radical (unpaired) electrons. The molecule has 1 aromatic carbocycles.